The van der Waals surface area contributed by atoms with E-state index < -0.39 is 24.1 Å². The summed E-state index contributed by atoms with van der Waals surface area (Å²) in [4.78, 5) is 47.2. The lowest BCUT2D eigenvalue weighted by Crippen LogP contribution is -2.54. The highest BCUT2D eigenvalue weighted by molar-refractivity contribution is 5.93. The van der Waals surface area contributed by atoms with E-state index in [1.54, 1.807) is 73.0 Å². The first-order chi connectivity index (χ1) is 31.7. The lowest BCUT2D eigenvalue weighted by Gasteiger charge is -2.37. The Labute approximate surface area is 374 Å². The molecule has 2 aliphatic heterocycles. The minimum absolute atomic E-state index is 0.0701. The van der Waals surface area contributed by atoms with Crippen LogP contribution in [0.3, 0.4) is 0 Å². The first kappa shape index (κ1) is 46.7. The number of anilines is 2. The van der Waals surface area contributed by atoms with E-state index in [1.165, 1.54) is 0 Å². The number of alkyl halides is 6. The number of benzene rings is 4. The fourth-order valence-corrected chi connectivity index (χ4v) is 7.10. The normalized spacial score (nSPS) is 14.3. The van der Waals surface area contributed by atoms with Crippen molar-refractivity contribution < 1.29 is 49.6 Å². The first-order valence-corrected chi connectivity index (χ1v) is 20.9. The number of carbonyl (C=O) groups is 3. The van der Waals surface area contributed by atoms with Crippen molar-refractivity contribution >= 4 is 29.3 Å². The molecule has 0 radical (unpaired) electrons. The summed E-state index contributed by atoms with van der Waals surface area (Å²) in [6, 6.07) is 31.5. The van der Waals surface area contributed by atoms with E-state index in [-0.39, 0.29) is 36.3 Å². The van der Waals surface area contributed by atoms with Gasteiger partial charge < -0.3 is 28.9 Å². The van der Waals surface area contributed by atoms with E-state index in [4.69, 9.17) is 8.83 Å². The minimum Gasteiger partial charge on any atom is -0.413 e. The Morgan fingerprint density at radius 3 is 1.29 bits per heavy atom. The number of halogens is 6. The third-order valence-electron chi connectivity index (χ3n) is 10.6. The molecule has 15 nitrogen and oxygen atoms in total. The van der Waals surface area contributed by atoms with E-state index in [2.05, 4.69) is 25.7 Å². The number of nitrogens with zero attached hydrogens (tertiary/aromatic N) is 9. The fraction of sp³-hybridized carbons (Fsp3) is 0.311. The fourth-order valence-electron chi connectivity index (χ4n) is 7.10. The van der Waals surface area contributed by atoms with Gasteiger partial charge in [-0.3, -0.25) is 14.6 Å². The molecule has 0 spiro atoms. The highest BCUT2D eigenvalue weighted by Crippen LogP contribution is 2.32. The van der Waals surface area contributed by atoms with Gasteiger partial charge in [-0.2, -0.15) is 26.3 Å². The second kappa shape index (κ2) is 20.7. The van der Waals surface area contributed by atoms with Crippen molar-refractivity contribution in [2.24, 2.45) is 0 Å². The maximum atomic E-state index is 13.4. The minimum atomic E-state index is -4.71. The summed E-state index contributed by atoms with van der Waals surface area (Å²) in [7, 11) is 0. The SMILES string of the molecule is CCC(=O)N1CCN(C(=O)N(Cc2ccc(-c3nnc(C(F)(F)F)o3)cc2)c2ccccc2)CC1.O=C(N1CCNCC1)N(Cc1ccc(-c2nnc(C(F)(F)F)o2)cc1)c1ccccc1. The van der Waals surface area contributed by atoms with Gasteiger partial charge in [-0.1, -0.05) is 67.6 Å². The Morgan fingerprint density at radius 1 is 0.545 bits per heavy atom. The van der Waals surface area contributed by atoms with Crippen LogP contribution in [-0.2, 0) is 30.2 Å². The molecule has 0 aliphatic carbocycles. The molecule has 8 rings (SSSR count). The molecular weight excluding hydrogens is 875 g/mol. The summed E-state index contributed by atoms with van der Waals surface area (Å²) >= 11 is 0. The van der Waals surface area contributed by atoms with Crippen LogP contribution in [0.1, 0.15) is 36.3 Å². The molecule has 2 aliphatic rings. The highest BCUT2D eigenvalue weighted by Gasteiger charge is 2.39. The van der Waals surface area contributed by atoms with Crippen LogP contribution >= 0.6 is 0 Å². The average Bonchev–Trinajstić information content (AvgIpc) is 4.06. The molecule has 0 bridgehead atoms. The summed E-state index contributed by atoms with van der Waals surface area (Å²) in [5, 5.41) is 16.3. The van der Waals surface area contributed by atoms with Crippen LogP contribution in [-0.4, -0.2) is 105 Å². The summed E-state index contributed by atoms with van der Waals surface area (Å²) in [5.41, 5.74) is 3.76. The van der Waals surface area contributed by atoms with Gasteiger partial charge in [0, 0.05) is 81.3 Å². The van der Waals surface area contributed by atoms with Crippen LogP contribution in [0.15, 0.2) is 118 Å². The van der Waals surface area contributed by atoms with E-state index in [0.29, 0.717) is 69.0 Å². The van der Waals surface area contributed by atoms with Gasteiger partial charge in [-0.25, -0.2) is 9.59 Å². The standard InChI is InChI=1S/C24H24F3N5O3.C21H20F3N5O2/c1-2-20(33)30-12-14-31(15-13-30)23(34)32(19-6-4-3-5-7-19)16-17-8-10-18(11-9-17)21-28-29-22(35-21)24(25,26)27;22-21(23,24)19-27-26-18(31-19)16-8-6-15(7-9-16)14-29(17-4-2-1-3-5-17)20(30)28-12-10-25-11-13-28/h3-11H,2,12-16H2,1H3;1-9,25H,10-14H2. The molecule has 66 heavy (non-hydrogen) atoms. The molecule has 5 amide bonds. The lowest BCUT2D eigenvalue weighted by atomic mass is 10.1. The van der Waals surface area contributed by atoms with Crippen LogP contribution in [0.25, 0.3) is 22.9 Å². The van der Waals surface area contributed by atoms with Gasteiger partial charge in [0.05, 0.1) is 13.1 Å². The molecule has 21 heteroatoms. The summed E-state index contributed by atoms with van der Waals surface area (Å²) in [5.74, 6) is -3.17. The Bertz CT molecular complexity index is 2520. The largest absolute Gasteiger partial charge is 0.470 e. The number of carbonyl (C=O) groups excluding carboxylic acids is 3. The van der Waals surface area contributed by atoms with E-state index >= 15 is 0 Å². The van der Waals surface area contributed by atoms with Gasteiger partial charge in [0.15, 0.2) is 0 Å². The molecule has 0 unspecified atom stereocenters. The molecule has 4 aromatic carbocycles. The summed E-state index contributed by atoms with van der Waals surface area (Å²) < 4.78 is 85.7. The maximum absolute atomic E-state index is 13.4. The molecule has 346 valence electrons. The van der Waals surface area contributed by atoms with Crippen molar-refractivity contribution in [3.05, 3.63) is 132 Å². The zero-order chi connectivity index (χ0) is 46.8. The second-order valence-electron chi connectivity index (χ2n) is 15.1. The molecule has 0 saturated carbocycles. The molecule has 4 heterocycles. The molecule has 1 N–H and O–H groups in total. The molecule has 2 fully saturated rings. The quantitative estimate of drug-likeness (QED) is 0.140. The van der Waals surface area contributed by atoms with Gasteiger partial charge >= 0.3 is 36.2 Å². The van der Waals surface area contributed by atoms with E-state index in [0.717, 1.165) is 29.9 Å². The average molecular weight is 919 g/mol. The van der Waals surface area contributed by atoms with Crippen molar-refractivity contribution in [3.8, 4) is 22.9 Å². The predicted molar refractivity (Wildman–Crippen MR) is 228 cm³/mol. The number of hydrogen-bond donors (Lipinski definition) is 1. The number of rotatable bonds is 9. The number of hydrogen-bond acceptors (Lipinski definition) is 10. The van der Waals surface area contributed by atoms with Crippen LogP contribution in [0.5, 0.6) is 0 Å². The van der Waals surface area contributed by atoms with Gasteiger partial charge in [0.25, 0.3) is 0 Å². The van der Waals surface area contributed by atoms with Crippen LogP contribution in [0, 0.1) is 0 Å². The molecule has 6 aromatic rings. The van der Waals surface area contributed by atoms with Crippen molar-refractivity contribution in [1.82, 2.24) is 40.4 Å². The first-order valence-electron chi connectivity index (χ1n) is 20.9. The van der Waals surface area contributed by atoms with E-state index in [1.807, 2.05) is 67.6 Å². The van der Waals surface area contributed by atoms with Gasteiger partial charge in [-0.05, 0) is 59.7 Å². The van der Waals surface area contributed by atoms with Crippen molar-refractivity contribution in [3.63, 3.8) is 0 Å². The van der Waals surface area contributed by atoms with Crippen molar-refractivity contribution in [2.75, 3.05) is 62.2 Å². The van der Waals surface area contributed by atoms with E-state index in [9.17, 15) is 40.7 Å². The van der Waals surface area contributed by atoms with Crippen LogP contribution < -0.4 is 15.1 Å². The zero-order valence-corrected chi connectivity index (χ0v) is 35.5. The lowest BCUT2D eigenvalue weighted by molar-refractivity contribution is -0.157. The van der Waals surface area contributed by atoms with Gasteiger partial charge in [0.2, 0.25) is 17.7 Å². The smallest absolute Gasteiger partial charge is 0.413 e. The third-order valence-corrected chi connectivity index (χ3v) is 10.6. The topological polar surface area (TPSA) is 157 Å². The number of urea groups is 2. The Hall–Kier alpha value is -7.29. The predicted octanol–water partition coefficient (Wildman–Crippen LogP) is 8.22. The number of aromatic nitrogens is 4. The third kappa shape index (κ3) is 11.7. The number of nitrogens with one attached hydrogen (secondary N) is 1. The highest BCUT2D eigenvalue weighted by atomic mass is 19.4. The maximum Gasteiger partial charge on any atom is 0.470 e. The summed E-state index contributed by atoms with van der Waals surface area (Å²) in [6.45, 7) is 6.95. The Balaban J connectivity index is 0.000000198. The second-order valence-corrected chi connectivity index (χ2v) is 15.1. The number of para-hydroxylation sites is 2. The monoisotopic (exact) mass is 918 g/mol. The van der Waals surface area contributed by atoms with Gasteiger partial charge in [0.1, 0.15) is 0 Å². The Kier molecular flexibility index (Phi) is 14.6. The van der Waals surface area contributed by atoms with Crippen LogP contribution in [0.2, 0.25) is 0 Å². The Morgan fingerprint density at radius 2 is 0.924 bits per heavy atom. The molecule has 0 atom stereocenters. The number of piperazine rings is 2. The zero-order valence-electron chi connectivity index (χ0n) is 35.5. The molecule has 2 aromatic heterocycles. The van der Waals surface area contributed by atoms with Gasteiger partial charge in [-0.15, -0.1) is 20.4 Å². The van der Waals surface area contributed by atoms with Crippen molar-refractivity contribution in [1.29, 1.82) is 0 Å². The van der Waals surface area contributed by atoms with Crippen LogP contribution in [0.4, 0.5) is 47.3 Å². The summed E-state index contributed by atoms with van der Waals surface area (Å²) in [6.07, 6.45) is -8.97. The molecule has 2 saturated heterocycles. The number of amides is 5. The van der Waals surface area contributed by atoms with Crippen molar-refractivity contribution in [2.45, 2.75) is 38.8 Å². The molecular formula is C45H44F6N10O5.